The van der Waals surface area contributed by atoms with Crippen molar-refractivity contribution >= 4 is 62.6 Å². The zero-order valence-electron chi connectivity index (χ0n) is 10.1. The molecule has 3 rings (SSSR count). The summed E-state index contributed by atoms with van der Waals surface area (Å²) in [7, 11) is 1.97. The molecule has 0 aliphatic rings. The molecule has 0 aliphatic carbocycles. The Balaban J connectivity index is 1.84. The van der Waals surface area contributed by atoms with Crippen molar-refractivity contribution in [2.24, 2.45) is 0 Å². The third-order valence-corrected chi connectivity index (χ3v) is 4.30. The number of anilines is 1. The number of nitrogens with zero attached hydrogens (tertiary/aromatic N) is 3. The van der Waals surface area contributed by atoms with Gasteiger partial charge in [-0.2, -0.15) is 0 Å². The summed E-state index contributed by atoms with van der Waals surface area (Å²) in [4.78, 5) is 9.76. The first kappa shape index (κ1) is 12.6. The number of oxazole rings is 1. The van der Waals surface area contributed by atoms with Crippen molar-refractivity contribution in [1.29, 1.82) is 0 Å². The molecule has 6 heteroatoms. The zero-order valence-corrected chi connectivity index (χ0v) is 13.1. The number of fused-ring (bicyclic) bond motifs is 1. The highest BCUT2D eigenvalue weighted by Crippen LogP contribution is 2.25. The molecule has 0 saturated carbocycles. The van der Waals surface area contributed by atoms with Crippen LogP contribution in [0.4, 0.5) is 5.13 Å². The van der Waals surface area contributed by atoms with Crippen molar-refractivity contribution in [2.75, 3.05) is 10.2 Å². The van der Waals surface area contributed by atoms with Gasteiger partial charge in [0.25, 0.3) is 0 Å². The maximum Gasteiger partial charge on any atom is 0.220 e. The molecule has 0 unspecified atom stereocenters. The summed E-state index contributed by atoms with van der Waals surface area (Å²) < 4.78 is 7.58. The number of aromatic nitrogens is 2. The van der Waals surface area contributed by atoms with E-state index in [0.29, 0.717) is 5.89 Å². The normalized spacial score (nSPS) is 11.5. The minimum Gasteiger partial charge on any atom is -0.437 e. The van der Waals surface area contributed by atoms with Crippen LogP contribution in [0, 0.1) is 0 Å². The average Bonchev–Trinajstić information content (AvgIpc) is 3.02. The molecule has 0 amide bonds. The maximum atomic E-state index is 5.62. The smallest absolute Gasteiger partial charge is 0.220 e. The van der Waals surface area contributed by atoms with E-state index in [0.717, 1.165) is 21.1 Å². The first-order valence-corrected chi connectivity index (χ1v) is 7.39. The van der Waals surface area contributed by atoms with E-state index in [1.165, 1.54) is 0 Å². The van der Waals surface area contributed by atoms with Crippen molar-refractivity contribution in [3.8, 4) is 0 Å². The van der Waals surface area contributed by atoms with Crippen molar-refractivity contribution in [3.05, 3.63) is 41.2 Å². The van der Waals surface area contributed by atoms with Crippen LogP contribution in [0.1, 0.15) is 10.8 Å². The van der Waals surface area contributed by atoms with E-state index < -0.39 is 0 Å². The van der Waals surface area contributed by atoms with Gasteiger partial charge >= 0.3 is 0 Å². The Kier molecular flexibility index (Phi) is 3.52. The Morgan fingerprint density at radius 1 is 1.32 bits per heavy atom. The third kappa shape index (κ3) is 2.79. The van der Waals surface area contributed by atoms with Gasteiger partial charge in [-0.15, -0.1) is 0 Å². The monoisotopic (exact) mass is 383 g/mol. The summed E-state index contributed by atoms with van der Waals surface area (Å²) in [6, 6.07) is 7.73. The third-order valence-electron chi connectivity index (χ3n) is 2.48. The Morgan fingerprint density at radius 2 is 2.16 bits per heavy atom. The fourth-order valence-corrected chi connectivity index (χ4v) is 2.71. The van der Waals surface area contributed by atoms with E-state index in [1.807, 2.05) is 52.8 Å². The topological polar surface area (TPSA) is 42.2 Å². The molecule has 1 aromatic carbocycles. The lowest BCUT2D eigenvalue weighted by Crippen LogP contribution is -1.96. The van der Waals surface area contributed by atoms with Crippen LogP contribution in [-0.4, -0.2) is 17.0 Å². The molecular formula is C13H10IN3OS. The first-order valence-electron chi connectivity index (χ1n) is 5.61. The lowest BCUT2D eigenvalue weighted by atomic mass is 10.3. The van der Waals surface area contributed by atoms with Gasteiger partial charge in [0, 0.05) is 24.2 Å². The van der Waals surface area contributed by atoms with E-state index >= 15 is 0 Å². The standard InChI is InChI=1S/C13H10IN3OS/c1-17(14)13-15-8-9(19-13)6-7-12-16-10-4-2-3-5-11(10)18-12/h2-8H,1H3/b7-6+. The summed E-state index contributed by atoms with van der Waals surface area (Å²) in [5, 5.41) is 0.970. The Bertz CT molecular complexity index is 699. The Hall–Kier alpha value is -1.41. The number of rotatable bonds is 3. The molecular weight excluding hydrogens is 373 g/mol. The lowest BCUT2D eigenvalue weighted by molar-refractivity contribution is 0.590. The molecule has 4 nitrogen and oxygen atoms in total. The van der Waals surface area contributed by atoms with Gasteiger partial charge in [-0.05, 0) is 18.2 Å². The van der Waals surface area contributed by atoms with Gasteiger partial charge in [-0.25, -0.2) is 9.97 Å². The van der Waals surface area contributed by atoms with Gasteiger partial charge in [-0.1, -0.05) is 23.5 Å². The van der Waals surface area contributed by atoms with Crippen molar-refractivity contribution < 1.29 is 4.42 Å². The van der Waals surface area contributed by atoms with Crippen molar-refractivity contribution in [2.45, 2.75) is 0 Å². The number of hydrogen-bond donors (Lipinski definition) is 0. The minimum atomic E-state index is 0.610. The number of halogens is 1. The summed E-state index contributed by atoms with van der Waals surface area (Å²) >= 11 is 3.82. The van der Waals surface area contributed by atoms with Crippen LogP contribution < -0.4 is 3.11 Å². The van der Waals surface area contributed by atoms with Crippen LogP contribution in [0.5, 0.6) is 0 Å². The number of thiazole rings is 1. The molecule has 0 atom stereocenters. The van der Waals surface area contributed by atoms with Gasteiger partial charge in [0.05, 0.1) is 22.9 Å². The molecule has 96 valence electrons. The molecule has 0 N–H and O–H groups in total. The largest absolute Gasteiger partial charge is 0.437 e. The van der Waals surface area contributed by atoms with Gasteiger partial charge < -0.3 is 4.42 Å². The molecule has 2 aromatic heterocycles. The van der Waals surface area contributed by atoms with Crippen LogP contribution in [-0.2, 0) is 0 Å². The SMILES string of the molecule is CN(I)c1ncc(/C=C/c2nc3ccccc3o2)s1. The Labute approximate surface area is 128 Å². The molecule has 3 aromatic rings. The minimum absolute atomic E-state index is 0.610. The van der Waals surface area contributed by atoms with E-state index in [4.69, 9.17) is 4.42 Å². The lowest BCUT2D eigenvalue weighted by Gasteiger charge is -2.01. The fraction of sp³-hybridized carbons (Fsp3) is 0.0769. The molecule has 0 saturated heterocycles. The van der Waals surface area contributed by atoms with Crippen molar-refractivity contribution in [1.82, 2.24) is 9.97 Å². The highest BCUT2D eigenvalue weighted by Gasteiger charge is 2.04. The molecule has 0 aliphatic heterocycles. The Morgan fingerprint density at radius 3 is 2.89 bits per heavy atom. The summed E-state index contributed by atoms with van der Waals surface area (Å²) in [6.45, 7) is 0. The predicted molar refractivity (Wildman–Crippen MR) is 87.5 cm³/mol. The first-order chi connectivity index (χ1) is 9.22. The second kappa shape index (κ2) is 5.30. The van der Waals surface area contributed by atoms with Gasteiger partial charge in [0.1, 0.15) is 5.52 Å². The van der Waals surface area contributed by atoms with Gasteiger partial charge in [-0.3, -0.25) is 3.11 Å². The summed E-state index contributed by atoms with van der Waals surface area (Å²) in [5.41, 5.74) is 1.68. The second-order valence-electron chi connectivity index (χ2n) is 3.88. The van der Waals surface area contributed by atoms with Crippen LogP contribution in [0.3, 0.4) is 0 Å². The zero-order chi connectivity index (χ0) is 13.2. The average molecular weight is 383 g/mol. The number of benzene rings is 1. The van der Waals surface area contributed by atoms with E-state index in [2.05, 4.69) is 32.8 Å². The van der Waals surface area contributed by atoms with E-state index in [1.54, 1.807) is 11.3 Å². The highest BCUT2D eigenvalue weighted by molar-refractivity contribution is 14.1. The molecule has 2 heterocycles. The molecule has 19 heavy (non-hydrogen) atoms. The molecule has 0 fully saturated rings. The van der Waals surface area contributed by atoms with Crippen LogP contribution >= 0.6 is 34.2 Å². The van der Waals surface area contributed by atoms with Crippen LogP contribution in [0.2, 0.25) is 0 Å². The van der Waals surface area contributed by atoms with Gasteiger partial charge in [0.15, 0.2) is 10.7 Å². The number of hydrogen-bond acceptors (Lipinski definition) is 5. The fourth-order valence-electron chi connectivity index (χ4n) is 1.61. The quantitative estimate of drug-likeness (QED) is 0.501. The summed E-state index contributed by atoms with van der Waals surface area (Å²) in [5.74, 6) is 0.610. The van der Waals surface area contributed by atoms with E-state index in [9.17, 15) is 0 Å². The van der Waals surface area contributed by atoms with Gasteiger partial charge in [0.2, 0.25) is 5.89 Å². The summed E-state index contributed by atoms with van der Waals surface area (Å²) in [6.07, 6.45) is 5.67. The van der Waals surface area contributed by atoms with E-state index in [-0.39, 0.29) is 0 Å². The maximum absolute atomic E-state index is 5.62. The molecule has 0 bridgehead atoms. The highest BCUT2D eigenvalue weighted by atomic mass is 127. The van der Waals surface area contributed by atoms with Crippen LogP contribution in [0.15, 0.2) is 34.9 Å². The molecule has 0 spiro atoms. The number of para-hydroxylation sites is 2. The second-order valence-corrected chi connectivity index (χ2v) is 6.36. The molecule has 0 radical (unpaired) electrons. The van der Waals surface area contributed by atoms with Crippen LogP contribution in [0.25, 0.3) is 23.3 Å². The van der Waals surface area contributed by atoms with Crippen molar-refractivity contribution in [3.63, 3.8) is 0 Å². The predicted octanol–water partition coefficient (Wildman–Crippen LogP) is 4.24.